The molecule has 1 saturated heterocycles. The largest absolute Gasteiger partial charge is 0.457 e. The van der Waals surface area contributed by atoms with Gasteiger partial charge >= 0.3 is 11.9 Å². The smallest absolute Gasteiger partial charge is 0.343 e. The third-order valence-corrected chi connectivity index (χ3v) is 7.20. The van der Waals surface area contributed by atoms with Crippen LogP contribution in [0.25, 0.3) is 0 Å². The number of halogens is 1. The highest BCUT2D eigenvalue weighted by Gasteiger charge is 2.36. The van der Waals surface area contributed by atoms with Crippen molar-refractivity contribution in [1.29, 1.82) is 0 Å². The molecule has 4 aromatic rings. The fraction of sp³-hybridized carbons (Fsp3) is 0.152. The number of esters is 2. The van der Waals surface area contributed by atoms with E-state index in [4.69, 9.17) is 14.2 Å². The number of amides is 1. The van der Waals surface area contributed by atoms with Crippen molar-refractivity contribution in [2.75, 3.05) is 18.1 Å². The second-order valence-electron chi connectivity index (χ2n) is 9.77. The predicted octanol–water partition coefficient (Wildman–Crippen LogP) is 6.55. The van der Waals surface area contributed by atoms with Gasteiger partial charge < -0.3 is 19.1 Å². The molecule has 1 amide bonds. The van der Waals surface area contributed by atoms with E-state index in [1.165, 1.54) is 29.2 Å². The van der Waals surface area contributed by atoms with Gasteiger partial charge in [-0.05, 0) is 91.9 Å². The first kappa shape index (κ1) is 28.8. The number of rotatable bonds is 9. The molecule has 8 nitrogen and oxygen atoms in total. The minimum Gasteiger partial charge on any atom is -0.457 e. The first-order valence-electron chi connectivity index (χ1n) is 13.2. The van der Waals surface area contributed by atoms with E-state index in [-0.39, 0.29) is 24.6 Å². The number of nitrogens with zero attached hydrogens (tertiary/aromatic N) is 1. The number of hydrogen-bond acceptors (Lipinski definition) is 7. The molecule has 1 fully saturated rings. The van der Waals surface area contributed by atoms with Crippen molar-refractivity contribution in [2.24, 2.45) is 5.92 Å². The van der Waals surface area contributed by atoms with Crippen LogP contribution in [0.4, 0.5) is 5.69 Å². The van der Waals surface area contributed by atoms with Crippen LogP contribution >= 0.6 is 15.9 Å². The molecule has 0 bridgehead atoms. The van der Waals surface area contributed by atoms with Crippen molar-refractivity contribution in [3.05, 3.63) is 118 Å². The summed E-state index contributed by atoms with van der Waals surface area (Å²) in [7, 11) is 0. The summed E-state index contributed by atoms with van der Waals surface area (Å²) in [6.07, 6.45) is -0.00687. The van der Waals surface area contributed by atoms with E-state index in [9.17, 15) is 19.2 Å². The van der Waals surface area contributed by atoms with Crippen molar-refractivity contribution in [2.45, 2.75) is 13.3 Å². The lowest BCUT2D eigenvalue weighted by Crippen LogP contribution is -2.27. The number of Topliss-reactive ketones (excluding diaryl/α,β-unsaturated/α-hetero) is 1. The molecule has 4 aromatic carbocycles. The summed E-state index contributed by atoms with van der Waals surface area (Å²) in [5.74, 6) is -0.840. The Morgan fingerprint density at radius 1 is 0.786 bits per heavy atom. The van der Waals surface area contributed by atoms with Crippen LogP contribution in [0.1, 0.15) is 32.7 Å². The molecular weight excluding hydrogens is 602 g/mol. The first-order valence-corrected chi connectivity index (χ1v) is 14.0. The fourth-order valence-electron chi connectivity index (χ4n) is 4.35. The molecule has 0 unspecified atom stereocenters. The van der Waals surface area contributed by atoms with Gasteiger partial charge in [0, 0.05) is 28.7 Å². The standard InChI is InChI=1S/C33H26BrNO7/c1-21-2-12-27(13-3-21)41-28-16-10-26(11-17-28)35-19-24(18-31(35)37)32(38)40-20-30(36)22-6-14-29(15-7-22)42-33(39)23-4-8-25(34)9-5-23/h2-17,24H,18-20H2,1H3/t24-/m0/s1. The summed E-state index contributed by atoms with van der Waals surface area (Å²) < 4.78 is 17.3. The van der Waals surface area contributed by atoms with Crippen molar-refractivity contribution in [3.8, 4) is 17.2 Å². The van der Waals surface area contributed by atoms with Gasteiger partial charge in [-0.15, -0.1) is 0 Å². The number of benzene rings is 4. The molecular formula is C33H26BrNO7. The lowest BCUT2D eigenvalue weighted by Gasteiger charge is -2.17. The van der Waals surface area contributed by atoms with Crippen molar-refractivity contribution in [1.82, 2.24) is 0 Å². The average Bonchev–Trinajstić information content (AvgIpc) is 3.39. The number of hydrogen-bond donors (Lipinski definition) is 0. The average molecular weight is 628 g/mol. The molecule has 0 aromatic heterocycles. The van der Waals surface area contributed by atoms with Crippen LogP contribution in [-0.4, -0.2) is 36.8 Å². The highest BCUT2D eigenvalue weighted by Crippen LogP contribution is 2.29. The van der Waals surface area contributed by atoms with E-state index in [0.29, 0.717) is 28.3 Å². The third kappa shape index (κ3) is 7.11. The van der Waals surface area contributed by atoms with E-state index < -0.39 is 30.2 Å². The van der Waals surface area contributed by atoms with Crippen LogP contribution < -0.4 is 14.4 Å². The molecule has 0 aliphatic carbocycles. The third-order valence-electron chi connectivity index (χ3n) is 6.68. The molecule has 212 valence electrons. The zero-order valence-corrected chi connectivity index (χ0v) is 24.2. The summed E-state index contributed by atoms with van der Waals surface area (Å²) in [6.45, 7) is 1.69. The van der Waals surface area contributed by atoms with Gasteiger partial charge in [-0.3, -0.25) is 14.4 Å². The van der Waals surface area contributed by atoms with Crippen molar-refractivity contribution >= 4 is 45.2 Å². The second-order valence-corrected chi connectivity index (χ2v) is 10.7. The Balaban J connectivity index is 1.10. The molecule has 9 heteroatoms. The number of carbonyl (C=O) groups is 4. The Kier molecular flexibility index (Phi) is 8.78. The summed E-state index contributed by atoms with van der Waals surface area (Å²) >= 11 is 3.31. The van der Waals surface area contributed by atoms with E-state index in [0.717, 1.165) is 10.0 Å². The Morgan fingerprint density at radius 3 is 2.00 bits per heavy atom. The monoisotopic (exact) mass is 627 g/mol. The number of carbonyl (C=O) groups excluding carboxylic acids is 4. The molecule has 1 aliphatic rings. The van der Waals surface area contributed by atoms with Gasteiger partial charge in [-0.2, -0.15) is 0 Å². The molecule has 0 N–H and O–H groups in total. The van der Waals surface area contributed by atoms with Gasteiger partial charge in [0.15, 0.2) is 12.4 Å². The summed E-state index contributed by atoms with van der Waals surface area (Å²) in [5, 5.41) is 0. The normalized spacial score (nSPS) is 14.4. The van der Waals surface area contributed by atoms with Crippen LogP contribution in [-0.2, 0) is 14.3 Å². The minimum absolute atomic E-state index is 0.00687. The Morgan fingerprint density at radius 2 is 1.36 bits per heavy atom. The van der Waals surface area contributed by atoms with E-state index in [1.807, 2.05) is 31.2 Å². The summed E-state index contributed by atoms with van der Waals surface area (Å²) in [6, 6.07) is 27.4. The van der Waals surface area contributed by atoms with E-state index in [1.54, 1.807) is 48.5 Å². The van der Waals surface area contributed by atoms with Gasteiger partial charge in [0.2, 0.25) is 5.91 Å². The Labute approximate surface area is 250 Å². The van der Waals surface area contributed by atoms with Gasteiger partial charge in [-0.1, -0.05) is 33.6 Å². The lowest BCUT2D eigenvalue weighted by atomic mass is 10.1. The zero-order chi connectivity index (χ0) is 29.6. The molecule has 0 saturated carbocycles. The molecule has 1 aliphatic heterocycles. The zero-order valence-electron chi connectivity index (χ0n) is 22.6. The SMILES string of the molecule is Cc1ccc(Oc2ccc(N3C[C@@H](C(=O)OCC(=O)c4ccc(OC(=O)c5ccc(Br)cc5)cc4)CC3=O)cc2)cc1. The molecule has 0 spiro atoms. The minimum atomic E-state index is -0.686. The van der Waals surface area contributed by atoms with E-state index in [2.05, 4.69) is 15.9 Å². The summed E-state index contributed by atoms with van der Waals surface area (Å²) in [4.78, 5) is 51.7. The second kappa shape index (κ2) is 12.8. The van der Waals surface area contributed by atoms with E-state index >= 15 is 0 Å². The summed E-state index contributed by atoms with van der Waals surface area (Å²) in [5.41, 5.74) is 2.46. The highest BCUT2D eigenvalue weighted by atomic mass is 79.9. The molecule has 1 atom stereocenters. The van der Waals surface area contributed by atoms with Gasteiger partial charge in [0.05, 0.1) is 11.5 Å². The number of ether oxygens (including phenoxy) is 3. The number of ketones is 1. The lowest BCUT2D eigenvalue weighted by molar-refractivity contribution is -0.147. The Bertz CT molecular complexity index is 1600. The van der Waals surface area contributed by atoms with Crippen LogP contribution in [0, 0.1) is 12.8 Å². The molecule has 5 rings (SSSR count). The predicted molar refractivity (Wildman–Crippen MR) is 159 cm³/mol. The highest BCUT2D eigenvalue weighted by molar-refractivity contribution is 9.10. The van der Waals surface area contributed by atoms with Crippen LogP contribution in [0.3, 0.4) is 0 Å². The molecule has 42 heavy (non-hydrogen) atoms. The van der Waals surface area contributed by atoms with Crippen molar-refractivity contribution in [3.63, 3.8) is 0 Å². The number of anilines is 1. The van der Waals surface area contributed by atoms with Gasteiger partial charge in [0.1, 0.15) is 17.2 Å². The molecule has 1 heterocycles. The van der Waals surface area contributed by atoms with Crippen LogP contribution in [0.15, 0.2) is 102 Å². The van der Waals surface area contributed by atoms with Crippen molar-refractivity contribution < 1.29 is 33.4 Å². The van der Waals surface area contributed by atoms with Gasteiger partial charge in [-0.25, -0.2) is 4.79 Å². The quantitative estimate of drug-likeness (QED) is 0.118. The Hall–Kier alpha value is -4.76. The first-order chi connectivity index (χ1) is 20.2. The fourth-order valence-corrected chi connectivity index (χ4v) is 4.61. The maximum atomic E-state index is 12.7. The molecule has 0 radical (unpaired) electrons. The van der Waals surface area contributed by atoms with Crippen LogP contribution in [0.2, 0.25) is 0 Å². The maximum Gasteiger partial charge on any atom is 0.343 e. The maximum absolute atomic E-state index is 12.7. The van der Waals surface area contributed by atoms with Crippen LogP contribution in [0.5, 0.6) is 17.2 Å². The topological polar surface area (TPSA) is 99.2 Å². The van der Waals surface area contributed by atoms with Gasteiger partial charge in [0.25, 0.3) is 0 Å². The number of aryl methyl sites for hydroxylation is 1.